The standard InChI is InChI=1S/C25H27N3O3S/c1-17-14-23-16-22(8-9-24(23)28(17)32(4,30)31)25(29)27(3)18(2)20-6-5-7-21(15-20)19-10-12-26-13-11-19/h5-13,15-18H,14H2,1-4H3/t17-,18-/m0/s1. The molecule has 32 heavy (non-hydrogen) atoms. The summed E-state index contributed by atoms with van der Waals surface area (Å²) >= 11 is 0. The Morgan fingerprint density at radius 1 is 1.09 bits per heavy atom. The van der Waals surface area contributed by atoms with E-state index in [1.165, 1.54) is 10.6 Å². The molecule has 0 spiro atoms. The maximum atomic E-state index is 13.3. The number of benzene rings is 2. The van der Waals surface area contributed by atoms with Crippen molar-refractivity contribution in [2.45, 2.75) is 32.4 Å². The average molecular weight is 450 g/mol. The van der Waals surface area contributed by atoms with E-state index in [0.29, 0.717) is 17.7 Å². The van der Waals surface area contributed by atoms with Gasteiger partial charge < -0.3 is 4.90 Å². The minimum absolute atomic E-state index is 0.0972. The number of aromatic nitrogens is 1. The first-order valence-electron chi connectivity index (χ1n) is 10.6. The Kier molecular flexibility index (Phi) is 5.77. The van der Waals surface area contributed by atoms with Crippen LogP contribution in [-0.4, -0.2) is 43.6 Å². The molecule has 2 atom stereocenters. The third-order valence-electron chi connectivity index (χ3n) is 6.12. The normalized spacial score (nSPS) is 16.5. The van der Waals surface area contributed by atoms with E-state index in [1.54, 1.807) is 36.5 Å². The predicted molar refractivity (Wildman–Crippen MR) is 127 cm³/mol. The van der Waals surface area contributed by atoms with Crippen molar-refractivity contribution in [3.8, 4) is 11.1 Å². The summed E-state index contributed by atoms with van der Waals surface area (Å²) in [5, 5.41) is 0. The number of hydrogen-bond donors (Lipinski definition) is 0. The van der Waals surface area contributed by atoms with E-state index in [1.807, 2.05) is 50.2 Å². The van der Waals surface area contributed by atoms with Gasteiger partial charge in [-0.25, -0.2) is 8.42 Å². The number of pyridine rings is 1. The molecule has 6 nitrogen and oxygen atoms in total. The van der Waals surface area contributed by atoms with Gasteiger partial charge in [-0.3, -0.25) is 14.1 Å². The topological polar surface area (TPSA) is 70.6 Å². The van der Waals surface area contributed by atoms with Gasteiger partial charge in [-0.2, -0.15) is 0 Å². The van der Waals surface area contributed by atoms with E-state index in [9.17, 15) is 13.2 Å². The third-order valence-corrected chi connectivity index (χ3v) is 7.39. The Balaban J connectivity index is 1.58. The minimum atomic E-state index is -3.36. The van der Waals surface area contributed by atoms with E-state index < -0.39 is 10.0 Å². The molecular weight excluding hydrogens is 422 g/mol. The van der Waals surface area contributed by atoms with Crippen LogP contribution in [0, 0.1) is 0 Å². The van der Waals surface area contributed by atoms with Gasteiger partial charge in [0, 0.05) is 31.0 Å². The van der Waals surface area contributed by atoms with Crippen LogP contribution < -0.4 is 4.31 Å². The summed E-state index contributed by atoms with van der Waals surface area (Å²) in [4.78, 5) is 19.1. The monoisotopic (exact) mass is 449 g/mol. The number of anilines is 1. The zero-order valence-electron chi connectivity index (χ0n) is 18.7. The highest BCUT2D eigenvalue weighted by atomic mass is 32.2. The molecule has 0 aliphatic carbocycles. The highest BCUT2D eigenvalue weighted by molar-refractivity contribution is 7.92. The molecule has 0 radical (unpaired) electrons. The highest BCUT2D eigenvalue weighted by Crippen LogP contribution is 2.35. The van der Waals surface area contributed by atoms with Crippen LogP contribution in [0.25, 0.3) is 11.1 Å². The fourth-order valence-corrected chi connectivity index (χ4v) is 5.63. The van der Waals surface area contributed by atoms with Crippen molar-refractivity contribution < 1.29 is 13.2 Å². The lowest BCUT2D eigenvalue weighted by molar-refractivity contribution is 0.0742. The number of hydrogen-bond acceptors (Lipinski definition) is 4. The second kappa shape index (κ2) is 8.39. The van der Waals surface area contributed by atoms with Crippen LogP contribution in [0.2, 0.25) is 0 Å². The van der Waals surface area contributed by atoms with E-state index in [-0.39, 0.29) is 18.0 Å². The van der Waals surface area contributed by atoms with Gasteiger partial charge in [0.05, 0.1) is 18.0 Å². The van der Waals surface area contributed by atoms with Crippen LogP contribution in [0.3, 0.4) is 0 Å². The predicted octanol–water partition coefficient (Wildman–Crippen LogP) is 4.29. The van der Waals surface area contributed by atoms with E-state index in [0.717, 1.165) is 22.3 Å². The van der Waals surface area contributed by atoms with Gasteiger partial charge in [-0.15, -0.1) is 0 Å². The number of sulfonamides is 1. The molecule has 3 aromatic rings. The van der Waals surface area contributed by atoms with Crippen LogP contribution in [0.15, 0.2) is 67.0 Å². The maximum absolute atomic E-state index is 13.3. The minimum Gasteiger partial charge on any atom is -0.335 e. The molecule has 2 heterocycles. The lowest BCUT2D eigenvalue weighted by Gasteiger charge is -2.26. The van der Waals surface area contributed by atoms with Gasteiger partial charge in [-0.1, -0.05) is 18.2 Å². The zero-order chi connectivity index (χ0) is 23.0. The molecule has 0 fully saturated rings. The maximum Gasteiger partial charge on any atom is 0.254 e. The van der Waals surface area contributed by atoms with Crippen LogP contribution in [-0.2, 0) is 16.4 Å². The largest absolute Gasteiger partial charge is 0.335 e. The number of rotatable bonds is 5. The van der Waals surface area contributed by atoms with Crippen molar-refractivity contribution in [3.05, 3.63) is 83.7 Å². The van der Waals surface area contributed by atoms with Gasteiger partial charge in [0.1, 0.15) is 0 Å². The summed E-state index contributed by atoms with van der Waals surface area (Å²) < 4.78 is 25.8. The Bertz CT molecular complexity index is 1260. The summed E-state index contributed by atoms with van der Waals surface area (Å²) in [6.07, 6.45) is 5.34. The highest BCUT2D eigenvalue weighted by Gasteiger charge is 2.33. The molecule has 0 unspecified atom stereocenters. The van der Waals surface area contributed by atoms with Gasteiger partial charge in [0.2, 0.25) is 10.0 Å². The van der Waals surface area contributed by atoms with Crippen LogP contribution in [0.4, 0.5) is 5.69 Å². The lowest BCUT2D eigenvalue weighted by Crippen LogP contribution is -2.34. The van der Waals surface area contributed by atoms with E-state index >= 15 is 0 Å². The third kappa shape index (κ3) is 4.12. The van der Waals surface area contributed by atoms with E-state index in [4.69, 9.17) is 0 Å². The van der Waals surface area contributed by atoms with Crippen molar-refractivity contribution in [2.24, 2.45) is 0 Å². The fraction of sp³-hybridized carbons (Fsp3) is 0.280. The van der Waals surface area contributed by atoms with Gasteiger partial charge >= 0.3 is 0 Å². The van der Waals surface area contributed by atoms with Crippen LogP contribution in [0.5, 0.6) is 0 Å². The number of carbonyl (C=O) groups excluding carboxylic acids is 1. The molecule has 1 aliphatic rings. The van der Waals surface area contributed by atoms with Crippen molar-refractivity contribution in [1.29, 1.82) is 0 Å². The molecule has 1 aliphatic heterocycles. The number of amides is 1. The first-order valence-corrected chi connectivity index (χ1v) is 12.4. The first-order chi connectivity index (χ1) is 15.2. The summed E-state index contributed by atoms with van der Waals surface area (Å²) in [6.45, 7) is 3.89. The molecule has 0 N–H and O–H groups in total. The van der Waals surface area contributed by atoms with Crippen molar-refractivity contribution in [2.75, 3.05) is 17.6 Å². The summed E-state index contributed by atoms with van der Waals surface area (Å²) in [6, 6.07) is 17.1. The summed E-state index contributed by atoms with van der Waals surface area (Å²) in [5.41, 5.74) is 5.29. The Labute approximate surface area is 189 Å². The van der Waals surface area contributed by atoms with Crippen molar-refractivity contribution >= 4 is 21.6 Å². The Hall–Kier alpha value is -3.19. The molecule has 0 saturated heterocycles. The zero-order valence-corrected chi connectivity index (χ0v) is 19.5. The molecule has 2 aromatic carbocycles. The van der Waals surface area contributed by atoms with Crippen LogP contribution >= 0.6 is 0 Å². The second-order valence-corrected chi connectivity index (χ2v) is 10.3. The SMILES string of the molecule is C[C@@H](c1cccc(-c2ccncc2)c1)N(C)C(=O)c1ccc2c(c1)C[C@H](C)N2S(C)(=O)=O. The molecule has 4 rings (SSSR count). The number of fused-ring (bicyclic) bond motifs is 1. The lowest BCUT2D eigenvalue weighted by atomic mass is 9.99. The van der Waals surface area contributed by atoms with Crippen molar-refractivity contribution in [3.63, 3.8) is 0 Å². The molecule has 0 saturated carbocycles. The number of nitrogens with zero attached hydrogens (tertiary/aromatic N) is 3. The first kappa shape index (κ1) is 22.0. The summed E-state index contributed by atoms with van der Waals surface area (Å²) in [5.74, 6) is -0.0972. The Morgan fingerprint density at radius 2 is 1.81 bits per heavy atom. The number of carbonyl (C=O) groups is 1. The quantitative estimate of drug-likeness (QED) is 0.583. The smallest absolute Gasteiger partial charge is 0.254 e. The fourth-order valence-electron chi connectivity index (χ4n) is 4.37. The molecule has 166 valence electrons. The molecule has 7 heteroatoms. The molecular formula is C25H27N3O3S. The molecule has 1 amide bonds. The van der Waals surface area contributed by atoms with Gasteiger partial charge in [0.15, 0.2) is 0 Å². The van der Waals surface area contributed by atoms with E-state index in [2.05, 4.69) is 11.1 Å². The Morgan fingerprint density at radius 3 is 2.50 bits per heavy atom. The summed E-state index contributed by atoms with van der Waals surface area (Å²) in [7, 11) is -1.56. The average Bonchev–Trinajstić information content (AvgIpc) is 3.13. The van der Waals surface area contributed by atoms with Crippen molar-refractivity contribution in [1.82, 2.24) is 9.88 Å². The van der Waals surface area contributed by atoms with Crippen LogP contribution in [0.1, 0.15) is 41.4 Å². The molecule has 0 bridgehead atoms. The van der Waals surface area contributed by atoms with Gasteiger partial charge in [-0.05, 0) is 78.9 Å². The second-order valence-electron chi connectivity index (χ2n) is 8.41. The van der Waals surface area contributed by atoms with Gasteiger partial charge in [0.25, 0.3) is 5.91 Å². The molecule has 1 aromatic heterocycles.